The molecular formula is C26H20FN3OS. The maximum absolute atomic E-state index is 13.5. The zero-order valence-electron chi connectivity index (χ0n) is 17.6. The Morgan fingerprint density at radius 3 is 2.34 bits per heavy atom. The van der Waals surface area contributed by atoms with Gasteiger partial charge in [-0.05, 0) is 55.8 Å². The van der Waals surface area contributed by atoms with Gasteiger partial charge >= 0.3 is 0 Å². The smallest absolute Gasteiger partial charge is 0.150 e. The molecule has 0 saturated carbocycles. The fraction of sp³-hybridized carbons (Fsp3) is 0.0769. The van der Waals surface area contributed by atoms with E-state index in [-0.39, 0.29) is 5.82 Å². The second-order valence-corrected chi connectivity index (χ2v) is 8.58. The Hall–Kier alpha value is -3.77. The van der Waals surface area contributed by atoms with Crippen molar-refractivity contribution in [2.45, 2.75) is 13.8 Å². The van der Waals surface area contributed by atoms with Crippen LogP contribution in [0.1, 0.15) is 10.7 Å². The maximum Gasteiger partial charge on any atom is 0.150 e. The van der Waals surface area contributed by atoms with Gasteiger partial charge in [0.05, 0.1) is 11.1 Å². The van der Waals surface area contributed by atoms with Crippen molar-refractivity contribution in [2.24, 2.45) is 0 Å². The van der Waals surface area contributed by atoms with Gasteiger partial charge in [0.15, 0.2) is 5.75 Å². The molecule has 6 heteroatoms. The first kappa shape index (κ1) is 20.2. The van der Waals surface area contributed by atoms with Gasteiger partial charge in [-0.25, -0.2) is 14.4 Å². The van der Waals surface area contributed by atoms with Crippen LogP contribution in [-0.2, 0) is 0 Å². The molecule has 5 aromatic rings. The highest BCUT2D eigenvalue weighted by Crippen LogP contribution is 2.42. The summed E-state index contributed by atoms with van der Waals surface area (Å²) in [5.41, 5.74) is 2.73. The Balaban J connectivity index is 1.62. The van der Waals surface area contributed by atoms with Gasteiger partial charge in [0.1, 0.15) is 28.0 Å². The largest absolute Gasteiger partial charge is 0.455 e. The molecule has 0 aliphatic rings. The van der Waals surface area contributed by atoms with Crippen LogP contribution in [0.4, 0.5) is 15.9 Å². The molecule has 2 aromatic heterocycles. The lowest BCUT2D eigenvalue weighted by Crippen LogP contribution is -2.00. The number of hydrogen-bond donors (Lipinski definition) is 1. The number of thiophene rings is 1. The molecule has 0 bridgehead atoms. The van der Waals surface area contributed by atoms with Gasteiger partial charge in [-0.1, -0.05) is 42.5 Å². The van der Waals surface area contributed by atoms with E-state index in [4.69, 9.17) is 9.72 Å². The molecule has 2 heterocycles. The Kier molecular flexibility index (Phi) is 5.29. The summed E-state index contributed by atoms with van der Waals surface area (Å²) in [7, 11) is 0. The van der Waals surface area contributed by atoms with Gasteiger partial charge in [-0.2, -0.15) is 0 Å². The Bertz CT molecular complexity index is 1400. The number of fused-ring (bicyclic) bond motifs is 1. The first-order chi connectivity index (χ1) is 15.6. The van der Waals surface area contributed by atoms with E-state index >= 15 is 0 Å². The summed E-state index contributed by atoms with van der Waals surface area (Å²) in [6, 6.07) is 23.9. The van der Waals surface area contributed by atoms with Crippen LogP contribution >= 0.6 is 11.3 Å². The number of aromatic nitrogens is 2. The van der Waals surface area contributed by atoms with Gasteiger partial charge in [0.2, 0.25) is 0 Å². The third-order valence-electron chi connectivity index (χ3n) is 5.08. The van der Waals surface area contributed by atoms with Crippen LogP contribution in [0.15, 0.2) is 78.9 Å². The summed E-state index contributed by atoms with van der Waals surface area (Å²) in [6.45, 7) is 3.93. The molecule has 0 radical (unpaired) electrons. The van der Waals surface area contributed by atoms with E-state index in [1.54, 1.807) is 23.5 Å². The lowest BCUT2D eigenvalue weighted by atomic mass is 10.0. The van der Waals surface area contributed by atoms with Crippen LogP contribution in [0.2, 0.25) is 0 Å². The number of anilines is 2. The van der Waals surface area contributed by atoms with Crippen molar-refractivity contribution in [2.75, 3.05) is 5.32 Å². The molecule has 3 aromatic carbocycles. The molecule has 4 nitrogen and oxygen atoms in total. The van der Waals surface area contributed by atoms with Crippen molar-refractivity contribution < 1.29 is 9.13 Å². The Labute approximate surface area is 189 Å². The van der Waals surface area contributed by atoms with E-state index in [2.05, 4.69) is 17.2 Å². The van der Waals surface area contributed by atoms with Crippen molar-refractivity contribution in [3.05, 3.63) is 95.4 Å². The molecule has 32 heavy (non-hydrogen) atoms. The highest BCUT2D eigenvalue weighted by molar-refractivity contribution is 7.19. The summed E-state index contributed by atoms with van der Waals surface area (Å²) in [5.74, 6) is 2.56. The van der Waals surface area contributed by atoms with Crippen molar-refractivity contribution >= 4 is 33.1 Å². The first-order valence-electron chi connectivity index (χ1n) is 10.2. The normalized spacial score (nSPS) is 11.0. The molecule has 0 amide bonds. The van der Waals surface area contributed by atoms with Crippen molar-refractivity contribution in [3.63, 3.8) is 0 Å². The van der Waals surface area contributed by atoms with Crippen molar-refractivity contribution in [1.82, 2.24) is 9.97 Å². The number of ether oxygens (including phenoxy) is 1. The minimum absolute atomic E-state index is 0.261. The van der Waals surface area contributed by atoms with E-state index in [1.807, 2.05) is 61.5 Å². The molecule has 1 N–H and O–H groups in total. The number of nitrogens with one attached hydrogen (secondary N) is 1. The van der Waals surface area contributed by atoms with E-state index in [9.17, 15) is 4.39 Å². The van der Waals surface area contributed by atoms with Gasteiger partial charge < -0.3 is 10.1 Å². The van der Waals surface area contributed by atoms with Gasteiger partial charge in [0.25, 0.3) is 0 Å². The van der Waals surface area contributed by atoms with Crippen LogP contribution in [0.25, 0.3) is 21.3 Å². The van der Waals surface area contributed by atoms with Gasteiger partial charge in [-0.3, -0.25) is 0 Å². The van der Waals surface area contributed by atoms with E-state index < -0.39 is 0 Å². The number of para-hydroxylation sites is 3. The van der Waals surface area contributed by atoms with Gasteiger partial charge in [-0.15, -0.1) is 11.3 Å². The Morgan fingerprint density at radius 1 is 0.844 bits per heavy atom. The van der Waals surface area contributed by atoms with Crippen LogP contribution in [0.3, 0.4) is 0 Å². The lowest BCUT2D eigenvalue weighted by molar-refractivity contribution is 0.485. The van der Waals surface area contributed by atoms with E-state index in [0.717, 1.165) is 37.7 Å². The standard InChI is InChI=1S/C26H20FN3OS/c1-16-23(18-12-14-19(27)15-13-18)24-25(28-17(2)29-26(24)32-16)30-21-10-6-7-11-22(21)31-20-8-4-3-5-9-20/h3-15H,1-2H3,(H,28,29,30). The topological polar surface area (TPSA) is 47.0 Å². The number of benzene rings is 3. The van der Waals surface area contributed by atoms with Crippen LogP contribution in [-0.4, -0.2) is 9.97 Å². The third kappa shape index (κ3) is 3.92. The molecule has 0 atom stereocenters. The van der Waals surface area contributed by atoms with E-state index in [1.165, 1.54) is 12.1 Å². The van der Waals surface area contributed by atoms with Crippen LogP contribution in [0, 0.1) is 19.7 Å². The summed E-state index contributed by atoms with van der Waals surface area (Å²) in [4.78, 5) is 11.4. The number of halogens is 1. The second-order valence-electron chi connectivity index (χ2n) is 7.38. The van der Waals surface area contributed by atoms with E-state index in [0.29, 0.717) is 17.4 Å². The molecule has 0 unspecified atom stereocenters. The third-order valence-corrected chi connectivity index (χ3v) is 6.08. The SMILES string of the molecule is Cc1nc(Nc2ccccc2Oc2ccccc2)c2c(-c3ccc(F)cc3)c(C)sc2n1. The predicted molar refractivity (Wildman–Crippen MR) is 129 cm³/mol. The monoisotopic (exact) mass is 441 g/mol. The molecular weight excluding hydrogens is 421 g/mol. The highest BCUT2D eigenvalue weighted by atomic mass is 32.1. The first-order valence-corrected chi connectivity index (χ1v) is 11.0. The average molecular weight is 442 g/mol. The molecule has 0 fully saturated rings. The number of rotatable bonds is 5. The molecule has 158 valence electrons. The fourth-order valence-corrected chi connectivity index (χ4v) is 4.77. The fourth-order valence-electron chi connectivity index (χ4n) is 3.67. The zero-order chi connectivity index (χ0) is 22.1. The highest BCUT2D eigenvalue weighted by Gasteiger charge is 2.19. The van der Waals surface area contributed by atoms with Gasteiger partial charge in [0, 0.05) is 10.4 Å². The Morgan fingerprint density at radius 2 is 1.56 bits per heavy atom. The zero-order valence-corrected chi connectivity index (χ0v) is 18.4. The summed E-state index contributed by atoms with van der Waals surface area (Å²) in [6.07, 6.45) is 0. The quantitative estimate of drug-likeness (QED) is 0.304. The molecule has 0 saturated heterocycles. The molecule has 0 spiro atoms. The van der Waals surface area contributed by atoms with Crippen molar-refractivity contribution in [1.29, 1.82) is 0 Å². The number of nitrogens with zero attached hydrogens (tertiary/aromatic N) is 2. The number of aryl methyl sites for hydroxylation is 2. The molecule has 5 rings (SSSR count). The van der Waals surface area contributed by atoms with Crippen LogP contribution in [0.5, 0.6) is 11.5 Å². The summed E-state index contributed by atoms with van der Waals surface area (Å²) in [5, 5.41) is 4.38. The van der Waals surface area contributed by atoms with Crippen molar-refractivity contribution in [3.8, 4) is 22.6 Å². The molecule has 0 aliphatic carbocycles. The number of hydrogen-bond acceptors (Lipinski definition) is 5. The van der Waals surface area contributed by atoms with Crippen LogP contribution < -0.4 is 10.1 Å². The second kappa shape index (κ2) is 8.40. The minimum Gasteiger partial charge on any atom is -0.455 e. The average Bonchev–Trinajstić information content (AvgIpc) is 3.12. The lowest BCUT2D eigenvalue weighted by Gasteiger charge is -2.14. The minimum atomic E-state index is -0.261. The summed E-state index contributed by atoms with van der Waals surface area (Å²) < 4.78 is 19.6. The summed E-state index contributed by atoms with van der Waals surface area (Å²) >= 11 is 1.61. The predicted octanol–water partition coefficient (Wildman–Crippen LogP) is 7.65. The maximum atomic E-state index is 13.5. The molecule has 0 aliphatic heterocycles.